The van der Waals surface area contributed by atoms with Gasteiger partial charge in [-0.15, -0.1) is 0 Å². The standard InChI is InChI=1S/C22H24N4O2/c1-5-25-21-13-17(6-7-18(21)14-23)20(24-3)12-15(2)26-19-10-8-16(9-11-19)22(27)28-4/h6-14,23,25-26H,2-3,5H2,1,4H3/b20-12-,23-14?. The van der Waals surface area contributed by atoms with Gasteiger partial charge in [0.25, 0.3) is 0 Å². The molecule has 2 aromatic rings. The van der Waals surface area contributed by atoms with Gasteiger partial charge in [0.05, 0.1) is 18.4 Å². The lowest BCUT2D eigenvalue weighted by Crippen LogP contribution is -2.02. The van der Waals surface area contributed by atoms with Crippen molar-refractivity contribution in [2.75, 3.05) is 24.3 Å². The normalized spacial score (nSPS) is 10.7. The Morgan fingerprint density at radius 1 is 1.21 bits per heavy atom. The molecule has 3 N–H and O–H groups in total. The lowest BCUT2D eigenvalue weighted by atomic mass is 10.1. The number of nitrogens with zero attached hydrogens (tertiary/aromatic N) is 1. The Labute approximate surface area is 165 Å². The number of ether oxygens (including phenoxy) is 1. The van der Waals surface area contributed by atoms with Gasteiger partial charge in [-0.05, 0) is 50.0 Å². The van der Waals surface area contributed by atoms with E-state index in [0.29, 0.717) is 17.0 Å². The predicted molar refractivity (Wildman–Crippen MR) is 117 cm³/mol. The molecule has 0 radical (unpaired) electrons. The van der Waals surface area contributed by atoms with Gasteiger partial charge in [-0.1, -0.05) is 18.7 Å². The fourth-order valence-corrected chi connectivity index (χ4v) is 2.60. The molecular weight excluding hydrogens is 352 g/mol. The minimum Gasteiger partial charge on any atom is -0.465 e. The highest BCUT2D eigenvalue weighted by atomic mass is 16.5. The zero-order valence-electron chi connectivity index (χ0n) is 16.1. The van der Waals surface area contributed by atoms with Crippen LogP contribution in [0.4, 0.5) is 11.4 Å². The number of esters is 1. The van der Waals surface area contributed by atoms with Crippen LogP contribution in [0.2, 0.25) is 0 Å². The summed E-state index contributed by atoms with van der Waals surface area (Å²) in [6.07, 6.45) is 3.10. The molecule has 0 aliphatic heterocycles. The Morgan fingerprint density at radius 2 is 1.89 bits per heavy atom. The molecular formula is C22H24N4O2. The summed E-state index contributed by atoms with van der Waals surface area (Å²) in [5, 5.41) is 13.9. The maximum absolute atomic E-state index is 11.5. The van der Waals surface area contributed by atoms with Crippen LogP contribution in [0.1, 0.15) is 28.4 Å². The van der Waals surface area contributed by atoms with E-state index in [1.54, 1.807) is 30.3 Å². The molecule has 0 aliphatic carbocycles. The molecule has 28 heavy (non-hydrogen) atoms. The molecule has 6 heteroatoms. The number of methoxy groups -OCH3 is 1. The van der Waals surface area contributed by atoms with Gasteiger partial charge in [-0.2, -0.15) is 0 Å². The molecule has 2 rings (SSSR count). The SMILES string of the molecule is C=N/C(=C\C(=C)Nc1ccc(C(=O)OC)cc1)c1ccc(C=N)c(NCC)c1. The maximum Gasteiger partial charge on any atom is 0.337 e. The third kappa shape index (κ3) is 5.17. The van der Waals surface area contributed by atoms with E-state index in [0.717, 1.165) is 29.0 Å². The zero-order chi connectivity index (χ0) is 20.5. The smallest absolute Gasteiger partial charge is 0.337 e. The molecule has 0 aliphatic rings. The van der Waals surface area contributed by atoms with Crippen LogP contribution in [-0.4, -0.2) is 32.6 Å². The van der Waals surface area contributed by atoms with Crippen molar-refractivity contribution < 1.29 is 9.53 Å². The van der Waals surface area contributed by atoms with Crippen LogP contribution < -0.4 is 10.6 Å². The topological polar surface area (TPSA) is 86.6 Å². The summed E-state index contributed by atoms with van der Waals surface area (Å²) in [7, 11) is 1.35. The summed E-state index contributed by atoms with van der Waals surface area (Å²) in [6.45, 7) is 10.4. The van der Waals surface area contributed by atoms with Crippen molar-refractivity contribution in [3.05, 3.63) is 77.5 Å². The summed E-state index contributed by atoms with van der Waals surface area (Å²) < 4.78 is 4.69. The van der Waals surface area contributed by atoms with E-state index in [1.165, 1.54) is 13.3 Å². The van der Waals surface area contributed by atoms with Gasteiger partial charge in [0.2, 0.25) is 0 Å². The van der Waals surface area contributed by atoms with Crippen LogP contribution >= 0.6 is 0 Å². The van der Waals surface area contributed by atoms with Crippen LogP contribution in [0.3, 0.4) is 0 Å². The van der Waals surface area contributed by atoms with Gasteiger partial charge in [0.1, 0.15) is 0 Å². The van der Waals surface area contributed by atoms with Gasteiger partial charge in [-0.3, -0.25) is 4.99 Å². The van der Waals surface area contributed by atoms with Gasteiger partial charge in [-0.25, -0.2) is 4.79 Å². The average Bonchev–Trinajstić information content (AvgIpc) is 2.72. The second kappa shape index (κ2) is 9.87. The van der Waals surface area contributed by atoms with Crippen molar-refractivity contribution in [1.29, 1.82) is 5.41 Å². The number of aliphatic imine (C=N–C) groups is 1. The molecule has 0 saturated carbocycles. The molecule has 2 aromatic carbocycles. The molecule has 0 heterocycles. The second-order valence-electron chi connectivity index (χ2n) is 5.88. The molecule has 0 bridgehead atoms. The van der Waals surface area contributed by atoms with E-state index < -0.39 is 0 Å². The first kappa shape index (κ1) is 20.6. The molecule has 0 spiro atoms. The number of carbonyl (C=O) groups is 1. The van der Waals surface area contributed by atoms with Crippen molar-refractivity contribution in [2.45, 2.75) is 6.92 Å². The van der Waals surface area contributed by atoms with Gasteiger partial charge >= 0.3 is 5.97 Å². The van der Waals surface area contributed by atoms with Gasteiger partial charge in [0.15, 0.2) is 0 Å². The number of benzene rings is 2. The Bertz CT molecular complexity index is 915. The highest BCUT2D eigenvalue weighted by Gasteiger charge is 2.07. The number of anilines is 2. The summed E-state index contributed by atoms with van der Waals surface area (Å²) in [5.41, 5.74) is 5.06. The van der Waals surface area contributed by atoms with E-state index in [1.807, 2.05) is 25.1 Å². The fourth-order valence-electron chi connectivity index (χ4n) is 2.60. The van der Waals surface area contributed by atoms with Crippen LogP contribution in [0.5, 0.6) is 0 Å². The lowest BCUT2D eigenvalue weighted by Gasteiger charge is -2.12. The summed E-state index contributed by atoms with van der Waals surface area (Å²) in [6, 6.07) is 12.6. The van der Waals surface area contributed by atoms with Crippen molar-refractivity contribution in [1.82, 2.24) is 0 Å². The van der Waals surface area contributed by atoms with Crippen LogP contribution in [0.15, 0.2) is 65.8 Å². The summed E-state index contributed by atoms with van der Waals surface area (Å²) in [5.74, 6) is -0.381. The number of hydrogen-bond donors (Lipinski definition) is 3. The average molecular weight is 376 g/mol. The van der Waals surface area contributed by atoms with E-state index in [9.17, 15) is 4.79 Å². The Morgan fingerprint density at radius 3 is 2.46 bits per heavy atom. The molecule has 144 valence electrons. The van der Waals surface area contributed by atoms with Crippen LogP contribution in [0.25, 0.3) is 5.70 Å². The Balaban J connectivity index is 2.20. The zero-order valence-corrected chi connectivity index (χ0v) is 16.1. The number of hydrogen-bond acceptors (Lipinski definition) is 6. The molecule has 0 aromatic heterocycles. The molecule has 6 nitrogen and oxygen atoms in total. The fraction of sp³-hybridized carbons (Fsp3) is 0.136. The van der Waals surface area contributed by atoms with Crippen LogP contribution in [-0.2, 0) is 4.74 Å². The summed E-state index contributed by atoms with van der Waals surface area (Å²) >= 11 is 0. The third-order valence-corrected chi connectivity index (χ3v) is 3.96. The van der Waals surface area contributed by atoms with E-state index in [-0.39, 0.29) is 5.97 Å². The monoisotopic (exact) mass is 376 g/mol. The second-order valence-corrected chi connectivity index (χ2v) is 5.88. The van der Waals surface area contributed by atoms with Crippen molar-refractivity contribution in [3.63, 3.8) is 0 Å². The molecule has 0 saturated heterocycles. The lowest BCUT2D eigenvalue weighted by molar-refractivity contribution is 0.0601. The Kier molecular flexibility index (Phi) is 7.28. The number of nitrogens with one attached hydrogen (secondary N) is 3. The van der Waals surface area contributed by atoms with Crippen molar-refractivity contribution in [2.24, 2.45) is 4.99 Å². The van der Waals surface area contributed by atoms with Gasteiger partial charge < -0.3 is 20.8 Å². The van der Waals surface area contributed by atoms with E-state index in [4.69, 9.17) is 10.1 Å². The quantitative estimate of drug-likeness (QED) is 0.340. The van der Waals surface area contributed by atoms with Crippen molar-refractivity contribution >= 4 is 36.0 Å². The number of carbonyl (C=O) groups excluding carboxylic acids is 1. The highest BCUT2D eigenvalue weighted by Crippen LogP contribution is 2.24. The maximum atomic E-state index is 11.5. The first-order valence-electron chi connectivity index (χ1n) is 8.73. The molecule has 0 unspecified atom stereocenters. The molecule has 0 amide bonds. The molecule has 0 atom stereocenters. The summed E-state index contributed by atoms with van der Waals surface area (Å²) in [4.78, 5) is 15.6. The van der Waals surface area contributed by atoms with Gasteiger partial charge in [0, 0.05) is 41.0 Å². The minimum atomic E-state index is -0.381. The number of rotatable bonds is 9. The Hall–Kier alpha value is -3.67. The largest absolute Gasteiger partial charge is 0.465 e. The van der Waals surface area contributed by atoms with Crippen LogP contribution in [0, 0.1) is 5.41 Å². The van der Waals surface area contributed by atoms with E-state index >= 15 is 0 Å². The molecule has 0 fully saturated rings. The van der Waals surface area contributed by atoms with E-state index in [2.05, 4.69) is 28.9 Å². The highest BCUT2D eigenvalue weighted by molar-refractivity contribution is 5.90. The predicted octanol–water partition coefficient (Wildman–Crippen LogP) is 4.57. The third-order valence-electron chi connectivity index (χ3n) is 3.96. The van der Waals surface area contributed by atoms with Crippen molar-refractivity contribution in [3.8, 4) is 0 Å². The number of allylic oxidation sites excluding steroid dienone is 1. The minimum absolute atomic E-state index is 0.381. The first-order valence-corrected chi connectivity index (χ1v) is 8.73. The first-order chi connectivity index (χ1) is 13.5.